The van der Waals surface area contributed by atoms with E-state index in [0.29, 0.717) is 25.1 Å². The topological polar surface area (TPSA) is 92.9 Å². The monoisotopic (exact) mass is 294 g/mol. The molecule has 7 nitrogen and oxygen atoms in total. The summed E-state index contributed by atoms with van der Waals surface area (Å²) in [5.41, 5.74) is 0.785. The molecule has 0 bridgehead atoms. The standard InChI is InChI=1S/C14H18N2O5/c1-8-7-12(21-15-8)9-3-2-6-16(9)13(17)10-4-5-11(20-10)14(18)19/h7,9-11H,2-6H2,1H3,(H,18,19). The molecule has 2 fully saturated rings. The van der Waals surface area contributed by atoms with Crippen molar-refractivity contribution in [2.75, 3.05) is 6.54 Å². The van der Waals surface area contributed by atoms with Gasteiger partial charge in [0, 0.05) is 12.6 Å². The third-order valence-electron chi connectivity index (χ3n) is 4.08. The quantitative estimate of drug-likeness (QED) is 0.902. The average molecular weight is 294 g/mol. The van der Waals surface area contributed by atoms with E-state index in [1.807, 2.05) is 13.0 Å². The minimum absolute atomic E-state index is 0.119. The Bertz CT molecular complexity index is 555. The van der Waals surface area contributed by atoms with Crippen molar-refractivity contribution in [2.24, 2.45) is 0 Å². The van der Waals surface area contributed by atoms with Crippen LogP contribution in [0.15, 0.2) is 10.6 Å². The number of rotatable bonds is 3. The summed E-state index contributed by atoms with van der Waals surface area (Å²) in [5.74, 6) is -0.462. The second-order valence-electron chi connectivity index (χ2n) is 5.59. The van der Waals surface area contributed by atoms with E-state index in [0.717, 1.165) is 18.5 Å². The zero-order valence-corrected chi connectivity index (χ0v) is 11.8. The number of carbonyl (C=O) groups excluding carboxylic acids is 1. The van der Waals surface area contributed by atoms with E-state index in [-0.39, 0.29) is 11.9 Å². The Hall–Kier alpha value is -1.89. The molecule has 21 heavy (non-hydrogen) atoms. The van der Waals surface area contributed by atoms with Crippen molar-refractivity contribution in [2.45, 2.75) is 50.9 Å². The van der Waals surface area contributed by atoms with Crippen LogP contribution in [0.5, 0.6) is 0 Å². The maximum absolute atomic E-state index is 12.6. The molecular weight excluding hydrogens is 276 g/mol. The van der Waals surface area contributed by atoms with Crippen LogP contribution in [-0.4, -0.2) is 45.8 Å². The Balaban J connectivity index is 1.71. The van der Waals surface area contributed by atoms with Crippen LogP contribution in [0.2, 0.25) is 0 Å². The van der Waals surface area contributed by atoms with Gasteiger partial charge in [-0.2, -0.15) is 0 Å². The van der Waals surface area contributed by atoms with Crippen molar-refractivity contribution in [1.82, 2.24) is 10.1 Å². The molecule has 1 amide bonds. The zero-order valence-electron chi connectivity index (χ0n) is 11.8. The molecule has 0 radical (unpaired) electrons. The lowest BCUT2D eigenvalue weighted by Crippen LogP contribution is -2.39. The minimum Gasteiger partial charge on any atom is -0.479 e. The van der Waals surface area contributed by atoms with Gasteiger partial charge < -0.3 is 19.3 Å². The van der Waals surface area contributed by atoms with Crippen LogP contribution in [0.25, 0.3) is 0 Å². The number of carboxylic acids is 1. The lowest BCUT2D eigenvalue weighted by Gasteiger charge is -2.25. The molecule has 0 aromatic carbocycles. The summed E-state index contributed by atoms with van der Waals surface area (Å²) in [6.07, 6.45) is 1.03. The Labute approximate surface area is 121 Å². The molecule has 3 atom stereocenters. The fourth-order valence-corrected chi connectivity index (χ4v) is 3.05. The molecule has 3 rings (SSSR count). The van der Waals surface area contributed by atoms with Gasteiger partial charge in [0.25, 0.3) is 5.91 Å². The van der Waals surface area contributed by atoms with Crippen LogP contribution in [0.4, 0.5) is 0 Å². The predicted molar refractivity (Wildman–Crippen MR) is 70.5 cm³/mol. The number of aromatic nitrogens is 1. The van der Waals surface area contributed by atoms with Crippen molar-refractivity contribution in [3.63, 3.8) is 0 Å². The van der Waals surface area contributed by atoms with Crippen molar-refractivity contribution < 1.29 is 24.0 Å². The van der Waals surface area contributed by atoms with Gasteiger partial charge in [-0.3, -0.25) is 4.79 Å². The summed E-state index contributed by atoms with van der Waals surface area (Å²) in [7, 11) is 0. The molecule has 0 saturated carbocycles. The second kappa shape index (κ2) is 5.48. The Morgan fingerprint density at radius 3 is 2.71 bits per heavy atom. The fourth-order valence-electron chi connectivity index (χ4n) is 3.05. The van der Waals surface area contributed by atoms with E-state index in [1.165, 1.54) is 0 Å². The zero-order chi connectivity index (χ0) is 15.0. The van der Waals surface area contributed by atoms with Gasteiger partial charge in [0.15, 0.2) is 11.9 Å². The molecule has 0 aliphatic carbocycles. The van der Waals surface area contributed by atoms with E-state index in [2.05, 4.69) is 5.16 Å². The number of ether oxygens (including phenoxy) is 1. The minimum atomic E-state index is -1.01. The Morgan fingerprint density at radius 1 is 1.33 bits per heavy atom. The molecule has 1 aromatic rings. The van der Waals surface area contributed by atoms with Crippen LogP contribution >= 0.6 is 0 Å². The first-order valence-electron chi connectivity index (χ1n) is 7.18. The lowest BCUT2D eigenvalue weighted by molar-refractivity contribution is -0.155. The smallest absolute Gasteiger partial charge is 0.332 e. The third-order valence-corrected chi connectivity index (χ3v) is 4.08. The van der Waals surface area contributed by atoms with Crippen molar-refractivity contribution in [3.05, 3.63) is 17.5 Å². The molecule has 1 aromatic heterocycles. The van der Waals surface area contributed by atoms with Gasteiger partial charge in [-0.05, 0) is 32.6 Å². The molecule has 0 spiro atoms. The average Bonchev–Trinajstić information content (AvgIpc) is 3.17. The van der Waals surface area contributed by atoms with Crippen LogP contribution < -0.4 is 0 Å². The van der Waals surface area contributed by atoms with Gasteiger partial charge in [-0.1, -0.05) is 5.16 Å². The predicted octanol–water partition coefficient (Wildman–Crippen LogP) is 1.28. The number of likely N-dealkylation sites (tertiary alicyclic amines) is 1. The summed E-state index contributed by atoms with van der Waals surface area (Å²) in [5, 5.41) is 12.8. The highest BCUT2D eigenvalue weighted by atomic mass is 16.5. The van der Waals surface area contributed by atoms with E-state index < -0.39 is 18.2 Å². The number of carboxylic acid groups (broad SMARTS) is 1. The molecule has 114 valence electrons. The lowest BCUT2D eigenvalue weighted by atomic mass is 10.1. The van der Waals surface area contributed by atoms with Gasteiger partial charge in [0.1, 0.15) is 6.10 Å². The fraction of sp³-hybridized carbons (Fsp3) is 0.643. The molecular formula is C14H18N2O5. The summed E-state index contributed by atoms with van der Waals surface area (Å²) in [4.78, 5) is 25.2. The van der Waals surface area contributed by atoms with Gasteiger partial charge in [0.2, 0.25) is 0 Å². The maximum atomic E-state index is 12.6. The first kappa shape index (κ1) is 14.1. The maximum Gasteiger partial charge on any atom is 0.332 e. The highest BCUT2D eigenvalue weighted by Crippen LogP contribution is 2.34. The first-order chi connectivity index (χ1) is 10.1. The van der Waals surface area contributed by atoms with Crippen LogP contribution in [0.1, 0.15) is 43.2 Å². The van der Waals surface area contributed by atoms with E-state index in [9.17, 15) is 9.59 Å². The highest BCUT2D eigenvalue weighted by molar-refractivity contribution is 5.83. The number of amides is 1. The van der Waals surface area contributed by atoms with Crippen LogP contribution in [0, 0.1) is 6.92 Å². The number of aliphatic carboxylic acids is 1. The Kier molecular flexibility index (Phi) is 3.67. The SMILES string of the molecule is Cc1cc(C2CCCN2C(=O)C2CCC(C(=O)O)O2)on1. The van der Waals surface area contributed by atoms with Crippen molar-refractivity contribution in [1.29, 1.82) is 0 Å². The summed E-state index contributed by atoms with van der Waals surface area (Å²) in [6, 6.07) is 1.72. The third kappa shape index (κ3) is 2.65. The molecule has 2 saturated heterocycles. The number of hydrogen-bond donors (Lipinski definition) is 1. The van der Waals surface area contributed by atoms with Gasteiger partial charge in [-0.25, -0.2) is 4.79 Å². The number of aryl methyl sites for hydroxylation is 1. The number of hydrogen-bond acceptors (Lipinski definition) is 5. The van der Waals surface area contributed by atoms with Gasteiger partial charge in [0.05, 0.1) is 11.7 Å². The number of carbonyl (C=O) groups is 2. The van der Waals surface area contributed by atoms with Gasteiger partial charge >= 0.3 is 5.97 Å². The van der Waals surface area contributed by atoms with E-state index >= 15 is 0 Å². The van der Waals surface area contributed by atoms with Crippen LogP contribution in [-0.2, 0) is 14.3 Å². The van der Waals surface area contributed by atoms with Crippen molar-refractivity contribution in [3.8, 4) is 0 Å². The van der Waals surface area contributed by atoms with Crippen LogP contribution in [0.3, 0.4) is 0 Å². The molecule has 2 aliphatic rings. The Morgan fingerprint density at radius 2 is 2.10 bits per heavy atom. The molecule has 3 heterocycles. The summed E-state index contributed by atoms with van der Waals surface area (Å²) in [6.45, 7) is 2.48. The molecule has 2 aliphatic heterocycles. The van der Waals surface area contributed by atoms with E-state index in [1.54, 1.807) is 4.90 Å². The summed E-state index contributed by atoms with van der Waals surface area (Å²) >= 11 is 0. The van der Waals surface area contributed by atoms with Crippen molar-refractivity contribution >= 4 is 11.9 Å². The van der Waals surface area contributed by atoms with Gasteiger partial charge in [-0.15, -0.1) is 0 Å². The number of nitrogens with zero attached hydrogens (tertiary/aromatic N) is 2. The second-order valence-corrected chi connectivity index (χ2v) is 5.59. The normalized spacial score (nSPS) is 29.0. The highest BCUT2D eigenvalue weighted by Gasteiger charge is 2.41. The molecule has 1 N–H and O–H groups in total. The first-order valence-corrected chi connectivity index (χ1v) is 7.18. The molecule has 3 unspecified atom stereocenters. The molecule has 7 heteroatoms. The summed E-state index contributed by atoms with van der Waals surface area (Å²) < 4.78 is 10.6. The largest absolute Gasteiger partial charge is 0.479 e. The van der Waals surface area contributed by atoms with E-state index in [4.69, 9.17) is 14.4 Å².